The Kier molecular flexibility index (Phi) is 6.14. The smallest absolute Gasteiger partial charge is 0.250 e. The molecule has 3 aromatic rings. The van der Waals surface area contributed by atoms with Gasteiger partial charge in [-0.25, -0.2) is 0 Å². The van der Waals surface area contributed by atoms with E-state index in [9.17, 15) is 14.7 Å². The maximum atomic E-state index is 12.5. The van der Waals surface area contributed by atoms with Crippen molar-refractivity contribution in [3.8, 4) is 0 Å². The number of aromatic nitrogens is 1. The molecule has 1 N–H and O–H groups in total. The predicted molar refractivity (Wildman–Crippen MR) is 115 cm³/mol. The molecule has 0 spiro atoms. The van der Waals surface area contributed by atoms with Crippen LogP contribution in [-0.2, 0) is 12.1 Å². The maximum absolute atomic E-state index is 12.5. The number of pyridine rings is 1. The van der Waals surface area contributed by atoms with Gasteiger partial charge in [-0.05, 0) is 42.2 Å². The first kappa shape index (κ1) is 20.7. The Balaban J connectivity index is 1.85. The number of aliphatic hydroxyl groups is 1. The second-order valence-corrected chi connectivity index (χ2v) is 7.69. The van der Waals surface area contributed by atoms with Crippen molar-refractivity contribution in [2.24, 2.45) is 5.92 Å². The monoisotopic (exact) mass is 389 g/mol. The van der Waals surface area contributed by atoms with Crippen LogP contribution in [0.4, 0.5) is 0 Å². The number of carbonyl (C=O) groups is 1. The fraction of sp³-hybridized carbons (Fsp3) is 0.280. The summed E-state index contributed by atoms with van der Waals surface area (Å²) in [5.74, 6) is 0.0460. The minimum atomic E-state index is -1.23. The van der Waals surface area contributed by atoms with Gasteiger partial charge < -0.3 is 9.67 Å². The summed E-state index contributed by atoms with van der Waals surface area (Å²) in [6.07, 6.45) is 2.54. The summed E-state index contributed by atoms with van der Waals surface area (Å²) >= 11 is 0. The first-order valence-electron chi connectivity index (χ1n) is 9.95. The number of hydrogen-bond donors (Lipinski definition) is 1. The Labute approximate surface area is 171 Å². The number of nitrogens with zero attached hydrogens (tertiary/aromatic N) is 1. The number of carbonyl (C=O) groups excluding carboxylic acids is 1. The number of ketones is 1. The van der Waals surface area contributed by atoms with E-state index in [2.05, 4.69) is 0 Å². The van der Waals surface area contributed by atoms with Crippen LogP contribution in [0.2, 0.25) is 0 Å². The normalized spacial score (nSPS) is 14.2. The number of rotatable bonds is 7. The summed E-state index contributed by atoms with van der Waals surface area (Å²) in [5, 5.41) is 11.2. The molecule has 0 radical (unpaired) electrons. The molecular formula is C25H27NO3. The third-order valence-corrected chi connectivity index (χ3v) is 5.54. The first-order valence-corrected chi connectivity index (χ1v) is 9.95. The van der Waals surface area contributed by atoms with E-state index in [1.807, 2.05) is 56.3 Å². The highest BCUT2D eigenvalue weighted by Crippen LogP contribution is 2.30. The highest BCUT2D eigenvalue weighted by molar-refractivity contribution is 5.97. The molecule has 2 aromatic carbocycles. The van der Waals surface area contributed by atoms with Crippen molar-refractivity contribution in [2.45, 2.75) is 39.3 Å². The van der Waals surface area contributed by atoms with Crippen molar-refractivity contribution < 1.29 is 9.90 Å². The van der Waals surface area contributed by atoms with Gasteiger partial charge in [0.05, 0.1) is 6.54 Å². The van der Waals surface area contributed by atoms with E-state index >= 15 is 0 Å². The molecule has 0 aliphatic rings. The Morgan fingerprint density at radius 1 is 1.03 bits per heavy atom. The molecule has 29 heavy (non-hydrogen) atoms. The van der Waals surface area contributed by atoms with Gasteiger partial charge in [-0.2, -0.15) is 0 Å². The summed E-state index contributed by atoms with van der Waals surface area (Å²) in [4.78, 5) is 24.4. The van der Waals surface area contributed by atoms with Gasteiger partial charge in [0, 0.05) is 23.7 Å². The van der Waals surface area contributed by atoms with Crippen LogP contribution in [0.3, 0.4) is 0 Å². The maximum Gasteiger partial charge on any atom is 0.250 e. The van der Waals surface area contributed by atoms with Gasteiger partial charge in [-0.1, -0.05) is 62.4 Å². The summed E-state index contributed by atoms with van der Waals surface area (Å²) < 4.78 is 1.64. The molecule has 0 amide bonds. The molecule has 4 heteroatoms. The molecule has 0 fully saturated rings. The van der Waals surface area contributed by atoms with Crippen molar-refractivity contribution in [2.75, 3.05) is 0 Å². The van der Waals surface area contributed by atoms with Gasteiger partial charge in [0.15, 0.2) is 5.78 Å². The molecule has 2 unspecified atom stereocenters. The standard InChI is InChI=1S/C25H27NO3/c1-4-18(2)24(28)20-8-7-9-22(16-20)25(3,29)21-13-11-19(12-14-21)17-26-15-6-5-10-23(26)27/h5-16,18,29H,4,17H2,1-3H3. The molecule has 0 aliphatic carbocycles. The van der Waals surface area contributed by atoms with E-state index in [0.29, 0.717) is 17.7 Å². The Morgan fingerprint density at radius 3 is 2.41 bits per heavy atom. The lowest BCUT2D eigenvalue weighted by molar-refractivity contribution is 0.0924. The van der Waals surface area contributed by atoms with Crippen LogP contribution in [0.25, 0.3) is 0 Å². The van der Waals surface area contributed by atoms with E-state index in [4.69, 9.17) is 0 Å². The van der Waals surface area contributed by atoms with Crippen LogP contribution in [-0.4, -0.2) is 15.5 Å². The van der Waals surface area contributed by atoms with Gasteiger partial charge in [-0.15, -0.1) is 0 Å². The van der Waals surface area contributed by atoms with Gasteiger partial charge in [-0.3, -0.25) is 9.59 Å². The quantitative estimate of drug-likeness (QED) is 0.610. The van der Waals surface area contributed by atoms with E-state index in [0.717, 1.165) is 17.5 Å². The third-order valence-electron chi connectivity index (χ3n) is 5.54. The summed E-state index contributed by atoms with van der Waals surface area (Å²) in [7, 11) is 0. The van der Waals surface area contributed by atoms with Crippen LogP contribution >= 0.6 is 0 Å². The zero-order valence-electron chi connectivity index (χ0n) is 17.1. The van der Waals surface area contributed by atoms with Crippen LogP contribution in [0, 0.1) is 5.92 Å². The summed E-state index contributed by atoms with van der Waals surface area (Å²) in [6.45, 7) is 6.12. The third kappa shape index (κ3) is 4.54. The first-order chi connectivity index (χ1) is 13.8. The van der Waals surface area contributed by atoms with Crippen molar-refractivity contribution in [3.05, 3.63) is 106 Å². The minimum absolute atomic E-state index is 0.0455. The molecule has 3 rings (SSSR count). The largest absolute Gasteiger partial charge is 0.381 e. The fourth-order valence-electron chi connectivity index (χ4n) is 3.33. The van der Waals surface area contributed by atoms with Crippen molar-refractivity contribution in [3.63, 3.8) is 0 Å². The van der Waals surface area contributed by atoms with Gasteiger partial charge in [0.2, 0.25) is 0 Å². The zero-order valence-corrected chi connectivity index (χ0v) is 17.1. The van der Waals surface area contributed by atoms with E-state index in [-0.39, 0.29) is 17.3 Å². The molecular weight excluding hydrogens is 362 g/mol. The van der Waals surface area contributed by atoms with Crippen LogP contribution in [0.5, 0.6) is 0 Å². The highest BCUT2D eigenvalue weighted by Gasteiger charge is 2.26. The van der Waals surface area contributed by atoms with E-state index in [1.165, 1.54) is 6.07 Å². The topological polar surface area (TPSA) is 59.3 Å². The number of Topliss-reactive ketones (excluding diaryl/α,β-unsaturated/α-hetero) is 1. The van der Waals surface area contributed by atoms with Gasteiger partial charge >= 0.3 is 0 Å². The molecule has 0 saturated heterocycles. The Morgan fingerprint density at radius 2 is 1.76 bits per heavy atom. The molecule has 4 nitrogen and oxygen atoms in total. The Hall–Kier alpha value is -2.98. The molecule has 0 aliphatic heterocycles. The molecule has 2 atom stereocenters. The van der Waals surface area contributed by atoms with Gasteiger partial charge in [0.25, 0.3) is 5.56 Å². The highest BCUT2D eigenvalue weighted by atomic mass is 16.3. The molecule has 0 bridgehead atoms. The van der Waals surface area contributed by atoms with Crippen LogP contribution in [0.15, 0.2) is 77.7 Å². The van der Waals surface area contributed by atoms with Gasteiger partial charge in [0.1, 0.15) is 5.60 Å². The number of benzene rings is 2. The van der Waals surface area contributed by atoms with Crippen molar-refractivity contribution in [1.29, 1.82) is 0 Å². The second kappa shape index (κ2) is 8.58. The summed E-state index contributed by atoms with van der Waals surface area (Å²) in [5.41, 5.74) is 1.73. The van der Waals surface area contributed by atoms with Crippen molar-refractivity contribution in [1.82, 2.24) is 4.57 Å². The van der Waals surface area contributed by atoms with E-state index in [1.54, 1.807) is 35.9 Å². The average Bonchev–Trinajstić information content (AvgIpc) is 2.74. The number of hydrogen-bond acceptors (Lipinski definition) is 3. The molecule has 1 heterocycles. The van der Waals surface area contributed by atoms with Crippen LogP contribution in [0.1, 0.15) is 54.2 Å². The molecule has 1 aromatic heterocycles. The summed E-state index contributed by atoms with van der Waals surface area (Å²) in [6, 6.07) is 19.9. The lowest BCUT2D eigenvalue weighted by atomic mass is 9.85. The minimum Gasteiger partial charge on any atom is -0.381 e. The lowest BCUT2D eigenvalue weighted by Crippen LogP contribution is -2.24. The molecule has 0 saturated carbocycles. The van der Waals surface area contributed by atoms with E-state index < -0.39 is 5.60 Å². The fourth-order valence-corrected chi connectivity index (χ4v) is 3.33. The zero-order chi connectivity index (χ0) is 21.0. The lowest BCUT2D eigenvalue weighted by Gasteiger charge is -2.25. The average molecular weight is 389 g/mol. The predicted octanol–water partition coefficient (Wildman–Crippen LogP) is 4.38. The second-order valence-electron chi connectivity index (χ2n) is 7.69. The van der Waals surface area contributed by atoms with Crippen LogP contribution < -0.4 is 5.56 Å². The molecule has 150 valence electrons. The SMILES string of the molecule is CCC(C)C(=O)c1cccc(C(C)(O)c2ccc(Cn3ccccc3=O)cc2)c1. The Bertz CT molecular complexity index is 1050. The van der Waals surface area contributed by atoms with Crippen molar-refractivity contribution >= 4 is 5.78 Å².